The van der Waals surface area contributed by atoms with E-state index in [0.29, 0.717) is 16.4 Å². The highest BCUT2D eigenvalue weighted by atomic mass is 32.2. The van der Waals surface area contributed by atoms with Gasteiger partial charge in [-0.25, -0.2) is 21.6 Å². The van der Waals surface area contributed by atoms with Gasteiger partial charge < -0.3 is 14.7 Å². The molecule has 1 fully saturated rings. The third kappa shape index (κ3) is 6.58. The fourth-order valence-corrected chi connectivity index (χ4v) is 6.94. The van der Waals surface area contributed by atoms with E-state index in [2.05, 4.69) is 0 Å². The normalized spacial score (nSPS) is 17.5. The SMILES string of the molecule is O=C(O)C1CCN(C(=O)CC[C@H]2CN(S(=O)(=O)c3cccc(C(F)(F)F)c3)c3cc(-c4cccc(F)c4F)cc(F)c3O2)CC1. The summed E-state index contributed by atoms with van der Waals surface area (Å²) in [6.07, 6.45) is -5.78. The Morgan fingerprint density at radius 3 is 2.31 bits per heavy atom. The molecular formula is C30H26F6N2O6S. The van der Waals surface area contributed by atoms with E-state index in [9.17, 15) is 45.1 Å². The van der Waals surface area contributed by atoms with Crippen molar-refractivity contribution in [3.63, 3.8) is 0 Å². The minimum Gasteiger partial charge on any atom is -0.483 e. The summed E-state index contributed by atoms with van der Waals surface area (Å²) >= 11 is 0. The Bertz CT molecular complexity index is 1740. The standard InChI is InChI=1S/C30H26F6N2O6S/c31-23-6-2-5-22(27(23)33)18-13-24(32)28-25(14-18)38(45(42,43)21-4-1-3-19(15-21)30(34,35)36)16-20(44-28)7-8-26(39)37-11-9-17(10-12-37)29(40)41/h1-6,13-15,17,20H,7-12,16H2,(H,40,41)/t20-/m0/s1. The van der Waals surface area contributed by atoms with Crippen LogP contribution < -0.4 is 9.04 Å². The number of alkyl halides is 3. The predicted octanol–water partition coefficient (Wildman–Crippen LogP) is 5.85. The Balaban J connectivity index is 1.49. The van der Waals surface area contributed by atoms with Gasteiger partial charge in [-0.15, -0.1) is 0 Å². The smallest absolute Gasteiger partial charge is 0.416 e. The Labute approximate surface area is 253 Å². The number of benzene rings is 3. The summed E-state index contributed by atoms with van der Waals surface area (Å²) in [4.78, 5) is 24.8. The second-order valence-electron chi connectivity index (χ2n) is 10.7. The molecule has 0 aliphatic carbocycles. The lowest BCUT2D eigenvalue weighted by Crippen LogP contribution is -2.45. The number of likely N-dealkylation sites (tertiary alicyclic amines) is 1. The van der Waals surface area contributed by atoms with Gasteiger partial charge in [-0.3, -0.25) is 13.9 Å². The molecular weight excluding hydrogens is 630 g/mol. The molecule has 2 aliphatic rings. The molecule has 0 aromatic heterocycles. The minimum atomic E-state index is -4.87. The zero-order valence-corrected chi connectivity index (χ0v) is 24.2. The number of carboxylic acid groups (broad SMARTS) is 1. The first-order valence-electron chi connectivity index (χ1n) is 13.8. The number of hydrogen-bond acceptors (Lipinski definition) is 5. The molecule has 1 atom stereocenters. The number of ether oxygens (including phenoxy) is 1. The van der Waals surface area contributed by atoms with Gasteiger partial charge in [0.25, 0.3) is 10.0 Å². The maximum absolute atomic E-state index is 15.6. The van der Waals surface area contributed by atoms with Crippen LogP contribution >= 0.6 is 0 Å². The van der Waals surface area contributed by atoms with Gasteiger partial charge in [-0.2, -0.15) is 13.2 Å². The molecule has 240 valence electrons. The van der Waals surface area contributed by atoms with Gasteiger partial charge in [-0.05, 0) is 61.2 Å². The van der Waals surface area contributed by atoms with Crippen molar-refractivity contribution >= 4 is 27.6 Å². The number of aliphatic carboxylic acids is 1. The van der Waals surface area contributed by atoms with Crippen LogP contribution in [0.4, 0.5) is 32.0 Å². The van der Waals surface area contributed by atoms with E-state index >= 15 is 4.39 Å². The average molecular weight is 657 g/mol. The number of carbonyl (C=O) groups is 2. The highest BCUT2D eigenvalue weighted by Crippen LogP contribution is 2.43. The topological polar surface area (TPSA) is 104 Å². The van der Waals surface area contributed by atoms with Gasteiger partial charge in [0.05, 0.1) is 28.6 Å². The van der Waals surface area contributed by atoms with Gasteiger partial charge in [-0.1, -0.05) is 18.2 Å². The molecule has 8 nitrogen and oxygen atoms in total. The quantitative estimate of drug-likeness (QED) is 0.320. The Kier molecular flexibility index (Phi) is 8.75. The van der Waals surface area contributed by atoms with Crippen LogP contribution in [0.3, 0.4) is 0 Å². The second-order valence-corrected chi connectivity index (χ2v) is 12.6. The fourth-order valence-electron chi connectivity index (χ4n) is 5.41. The Hall–Kier alpha value is -4.27. The first-order valence-corrected chi connectivity index (χ1v) is 15.3. The average Bonchev–Trinajstić information content (AvgIpc) is 3.00. The number of piperidine rings is 1. The molecule has 1 saturated heterocycles. The number of amides is 1. The van der Waals surface area contributed by atoms with Crippen molar-refractivity contribution in [2.45, 2.75) is 42.9 Å². The molecule has 3 aromatic carbocycles. The number of carboxylic acids is 1. The summed E-state index contributed by atoms with van der Waals surface area (Å²) in [6.45, 7) is -0.142. The molecule has 0 unspecified atom stereocenters. The van der Waals surface area contributed by atoms with Crippen molar-refractivity contribution in [3.05, 3.63) is 77.6 Å². The Morgan fingerprint density at radius 1 is 0.956 bits per heavy atom. The number of hydrogen-bond donors (Lipinski definition) is 1. The van der Waals surface area contributed by atoms with E-state index in [4.69, 9.17) is 4.74 Å². The first-order chi connectivity index (χ1) is 21.2. The van der Waals surface area contributed by atoms with Gasteiger partial charge in [0.1, 0.15) is 6.10 Å². The fraction of sp³-hybridized carbons (Fsp3) is 0.333. The second kappa shape index (κ2) is 12.3. The van der Waals surface area contributed by atoms with Crippen LogP contribution in [0.5, 0.6) is 5.75 Å². The first kappa shape index (κ1) is 32.1. The number of anilines is 1. The van der Waals surface area contributed by atoms with Crippen molar-refractivity contribution < 1.29 is 54.2 Å². The molecule has 0 spiro atoms. The molecule has 0 radical (unpaired) electrons. The summed E-state index contributed by atoms with van der Waals surface area (Å²) < 4.78 is 119. The molecule has 3 aromatic rings. The van der Waals surface area contributed by atoms with E-state index in [1.54, 1.807) is 0 Å². The van der Waals surface area contributed by atoms with Crippen molar-refractivity contribution in [1.29, 1.82) is 0 Å². The molecule has 0 bridgehead atoms. The highest BCUT2D eigenvalue weighted by molar-refractivity contribution is 7.92. The molecule has 1 N–H and O–H groups in total. The largest absolute Gasteiger partial charge is 0.483 e. The summed E-state index contributed by atoms with van der Waals surface area (Å²) in [5.74, 6) is -6.21. The molecule has 15 heteroatoms. The molecule has 5 rings (SSSR count). The molecule has 1 amide bonds. The van der Waals surface area contributed by atoms with E-state index in [0.717, 1.165) is 42.5 Å². The van der Waals surface area contributed by atoms with Crippen molar-refractivity contribution in [1.82, 2.24) is 4.90 Å². The van der Waals surface area contributed by atoms with Crippen LogP contribution in [0, 0.1) is 23.4 Å². The maximum atomic E-state index is 15.6. The number of rotatable bonds is 7. The molecule has 0 saturated carbocycles. The van der Waals surface area contributed by atoms with Crippen molar-refractivity contribution in [3.8, 4) is 16.9 Å². The van der Waals surface area contributed by atoms with E-state index in [1.807, 2.05) is 0 Å². The van der Waals surface area contributed by atoms with Gasteiger partial charge in [0.15, 0.2) is 23.2 Å². The molecule has 2 aliphatic heterocycles. The van der Waals surface area contributed by atoms with Crippen LogP contribution in [-0.2, 0) is 25.8 Å². The molecule has 45 heavy (non-hydrogen) atoms. The van der Waals surface area contributed by atoms with Crippen LogP contribution in [-0.4, -0.2) is 56.0 Å². The zero-order chi connectivity index (χ0) is 32.7. The highest BCUT2D eigenvalue weighted by Gasteiger charge is 2.39. The lowest BCUT2D eigenvalue weighted by molar-refractivity contribution is -0.145. The maximum Gasteiger partial charge on any atom is 0.416 e. The van der Waals surface area contributed by atoms with Gasteiger partial charge in [0, 0.05) is 25.1 Å². The lowest BCUT2D eigenvalue weighted by atomic mass is 9.96. The minimum absolute atomic E-state index is 0.120. The summed E-state index contributed by atoms with van der Waals surface area (Å²) in [5.41, 5.74) is -2.35. The lowest BCUT2D eigenvalue weighted by Gasteiger charge is -2.36. The number of halogens is 6. The predicted molar refractivity (Wildman–Crippen MR) is 148 cm³/mol. The van der Waals surface area contributed by atoms with Crippen LogP contribution in [0.25, 0.3) is 11.1 Å². The third-order valence-corrected chi connectivity index (χ3v) is 9.61. The van der Waals surface area contributed by atoms with E-state index in [1.165, 1.54) is 4.90 Å². The van der Waals surface area contributed by atoms with E-state index in [-0.39, 0.29) is 50.2 Å². The van der Waals surface area contributed by atoms with Gasteiger partial charge in [0.2, 0.25) is 5.91 Å². The van der Waals surface area contributed by atoms with Crippen LogP contribution in [0.15, 0.2) is 59.5 Å². The Morgan fingerprint density at radius 2 is 1.64 bits per heavy atom. The summed E-state index contributed by atoms with van der Waals surface area (Å²) in [5, 5.41) is 9.18. The monoisotopic (exact) mass is 656 g/mol. The van der Waals surface area contributed by atoms with Crippen molar-refractivity contribution in [2.75, 3.05) is 23.9 Å². The van der Waals surface area contributed by atoms with Gasteiger partial charge >= 0.3 is 12.1 Å². The van der Waals surface area contributed by atoms with Crippen LogP contribution in [0.1, 0.15) is 31.2 Å². The number of carbonyl (C=O) groups excluding carboxylic acids is 1. The summed E-state index contributed by atoms with van der Waals surface area (Å²) in [7, 11) is -4.83. The van der Waals surface area contributed by atoms with Crippen molar-refractivity contribution in [2.24, 2.45) is 5.92 Å². The van der Waals surface area contributed by atoms with Crippen LogP contribution in [0.2, 0.25) is 0 Å². The molecule has 2 heterocycles. The van der Waals surface area contributed by atoms with E-state index < -0.39 is 85.6 Å². The summed E-state index contributed by atoms with van der Waals surface area (Å²) in [6, 6.07) is 7.94. The number of fused-ring (bicyclic) bond motifs is 1. The third-order valence-electron chi connectivity index (χ3n) is 7.84. The zero-order valence-electron chi connectivity index (χ0n) is 23.4. The number of nitrogens with zero attached hydrogens (tertiary/aromatic N) is 2. The number of sulfonamides is 1.